The lowest BCUT2D eigenvalue weighted by Crippen LogP contribution is -2.39. The Hall–Kier alpha value is -1.56. The van der Waals surface area contributed by atoms with Crippen molar-refractivity contribution in [2.24, 2.45) is 10.9 Å². The molecule has 0 bridgehead atoms. The van der Waals surface area contributed by atoms with Gasteiger partial charge in [0.25, 0.3) is 0 Å². The largest absolute Gasteiger partial charge is 0.356 e. The monoisotopic (exact) mass is 321 g/mol. The molecular weight excluding hydrogens is 294 g/mol. The lowest BCUT2D eigenvalue weighted by Gasteiger charge is -2.17. The predicted octanol–water partition coefficient (Wildman–Crippen LogP) is 3.28. The summed E-state index contributed by atoms with van der Waals surface area (Å²) in [6.07, 6.45) is 9.15. The van der Waals surface area contributed by atoms with Crippen molar-refractivity contribution in [3.63, 3.8) is 0 Å². The van der Waals surface area contributed by atoms with E-state index in [0.29, 0.717) is 6.54 Å². The number of thiazole rings is 1. The van der Waals surface area contributed by atoms with Gasteiger partial charge in [0, 0.05) is 31.4 Å². The molecule has 2 heterocycles. The molecule has 0 fully saturated rings. The second-order valence-electron chi connectivity index (χ2n) is 5.55. The Morgan fingerprint density at radius 1 is 1.41 bits per heavy atom. The molecule has 0 aliphatic carbocycles. The number of nitrogens with one attached hydrogen (secondary N) is 2. The van der Waals surface area contributed by atoms with Crippen LogP contribution in [0.2, 0.25) is 0 Å². The lowest BCUT2D eigenvalue weighted by atomic mass is 9.99. The molecule has 5 nitrogen and oxygen atoms in total. The standard InChI is InChI=1S/C16H27N5S/c1-4-6-7-13(5-2)10-18-15(17-3)19-11-14-12-21-8-9-22-16(21)20-14/h8-9,12-13H,4-7,10-11H2,1-3H3,(H2,17,18,19). The zero-order chi connectivity index (χ0) is 15.8. The van der Waals surface area contributed by atoms with Gasteiger partial charge in [0.1, 0.15) is 0 Å². The van der Waals surface area contributed by atoms with Crippen LogP contribution in [0.5, 0.6) is 0 Å². The highest BCUT2D eigenvalue weighted by Crippen LogP contribution is 2.12. The first kappa shape index (κ1) is 16.8. The van der Waals surface area contributed by atoms with Gasteiger partial charge in [-0.1, -0.05) is 33.1 Å². The molecule has 0 spiro atoms. The van der Waals surface area contributed by atoms with Crippen LogP contribution in [0.3, 0.4) is 0 Å². The summed E-state index contributed by atoms with van der Waals surface area (Å²) in [5, 5.41) is 8.82. The van der Waals surface area contributed by atoms with Crippen molar-refractivity contribution in [1.29, 1.82) is 0 Å². The number of aliphatic imine (C=N–C) groups is 1. The minimum Gasteiger partial charge on any atom is -0.356 e. The van der Waals surface area contributed by atoms with E-state index in [2.05, 4.69) is 45.1 Å². The number of hydrogen-bond donors (Lipinski definition) is 2. The van der Waals surface area contributed by atoms with Gasteiger partial charge in [-0.25, -0.2) is 4.98 Å². The van der Waals surface area contributed by atoms with Crippen LogP contribution < -0.4 is 10.6 Å². The van der Waals surface area contributed by atoms with Gasteiger partial charge in [-0.2, -0.15) is 0 Å². The molecule has 2 rings (SSSR count). The first-order valence-corrected chi connectivity index (χ1v) is 9.00. The second kappa shape index (κ2) is 8.78. The smallest absolute Gasteiger partial charge is 0.193 e. The summed E-state index contributed by atoms with van der Waals surface area (Å²) in [6, 6.07) is 0. The average molecular weight is 321 g/mol. The summed E-state index contributed by atoms with van der Waals surface area (Å²) >= 11 is 1.65. The van der Waals surface area contributed by atoms with E-state index >= 15 is 0 Å². The zero-order valence-electron chi connectivity index (χ0n) is 13.8. The van der Waals surface area contributed by atoms with E-state index < -0.39 is 0 Å². The maximum Gasteiger partial charge on any atom is 0.193 e. The normalized spacial score (nSPS) is 13.5. The summed E-state index contributed by atoms with van der Waals surface area (Å²) in [5.41, 5.74) is 1.04. The van der Waals surface area contributed by atoms with Crippen LogP contribution in [-0.2, 0) is 6.54 Å². The number of fused-ring (bicyclic) bond motifs is 1. The molecule has 0 aliphatic heterocycles. The second-order valence-corrected chi connectivity index (χ2v) is 6.42. The highest BCUT2D eigenvalue weighted by Gasteiger charge is 2.08. The fourth-order valence-electron chi connectivity index (χ4n) is 2.44. The van der Waals surface area contributed by atoms with Crippen molar-refractivity contribution in [2.45, 2.75) is 46.1 Å². The van der Waals surface area contributed by atoms with Gasteiger partial charge in [0.2, 0.25) is 0 Å². The number of imidazole rings is 1. The Bertz CT molecular complexity index is 558. The molecule has 0 aromatic carbocycles. The highest BCUT2D eigenvalue weighted by atomic mass is 32.1. The molecule has 2 N–H and O–H groups in total. The van der Waals surface area contributed by atoms with E-state index in [1.807, 2.05) is 18.6 Å². The van der Waals surface area contributed by atoms with Crippen molar-refractivity contribution in [1.82, 2.24) is 20.0 Å². The number of aromatic nitrogens is 2. The number of unbranched alkanes of at least 4 members (excludes halogenated alkanes) is 1. The number of nitrogens with zero attached hydrogens (tertiary/aromatic N) is 3. The Kier molecular flexibility index (Phi) is 6.71. The van der Waals surface area contributed by atoms with Crippen LogP contribution in [0, 0.1) is 5.92 Å². The van der Waals surface area contributed by atoms with E-state index in [9.17, 15) is 0 Å². The molecule has 122 valence electrons. The third kappa shape index (κ3) is 4.73. The topological polar surface area (TPSA) is 53.7 Å². The van der Waals surface area contributed by atoms with Crippen LogP contribution in [-0.4, -0.2) is 28.9 Å². The van der Waals surface area contributed by atoms with Gasteiger partial charge in [0.05, 0.1) is 12.2 Å². The van der Waals surface area contributed by atoms with E-state index in [1.165, 1.54) is 25.7 Å². The third-order valence-electron chi connectivity index (χ3n) is 3.91. The first-order chi connectivity index (χ1) is 10.8. The van der Waals surface area contributed by atoms with E-state index in [1.54, 1.807) is 11.3 Å². The quantitative estimate of drug-likeness (QED) is 0.579. The molecule has 2 aromatic heterocycles. The summed E-state index contributed by atoms with van der Waals surface area (Å²) in [6.45, 7) is 6.18. The minimum atomic E-state index is 0.694. The van der Waals surface area contributed by atoms with Gasteiger partial charge < -0.3 is 10.6 Å². The van der Waals surface area contributed by atoms with Crippen molar-refractivity contribution in [3.8, 4) is 0 Å². The van der Waals surface area contributed by atoms with Crippen molar-refractivity contribution in [2.75, 3.05) is 13.6 Å². The summed E-state index contributed by atoms with van der Waals surface area (Å²) in [4.78, 5) is 9.89. The zero-order valence-corrected chi connectivity index (χ0v) is 14.6. The van der Waals surface area contributed by atoms with Gasteiger partial charge in [-0.15, -0.1) is 11.3 Å². The van der Waals surface area contributed by atoms with Crippen molar-refractivity contribution < 1.29 is 0 Å². The molecule has 22 heavy (non-hydrogen) atoms. The Labute approximate surface area is 136 Å². The average Bonchev–Trinajstić information content (AvgIpc) is 3.11. The van der Waals surface area contributed by atoms with Gasteiger partial charge in [-0.3, -0.25) is 9.39 Å². The van der Waals surface area contributed by atoms with Crippen molar-refractivity contribution >= 4 is 22.3 Å². The molecule has 1 unspecified atom stereocenters. The molecule has 0 radical (unpaired) electrons. The van der Waals surface area contributed by atoms with Gasteiger partial charge in [0.15, 0.2) is 10.9 Å². The van der Waals surface area contributed by atoms with E-state index in [0.717, 1.165) is 29.1 Å². The third-order valence-corrected chi connectivity index (χ3v) is 4.68. The molecule has 0 saturated carbocycles. The van der Waals surface area contributed by atoms with Crippen LogP contribution in [0.4, 0.5) is 0 Å². The summed E-state index contributed by atoms with van der Waals surface area (Å²) in [5.74, 6) is 1.57. The summed E-state index contributed by atoms with van der Waals surface area (Å²) < 4.78 is 2.05. The molecule has 0 saturated heterocycles. The van der Waals surface area contributed by atoms with Crippen LogP contribution in [0.15, 0.2) is 22.8 Å². The molecule has 0 aliphatic rings. The Morgan fingerprint density at radius 3 is 2.95 bits per heavy atom. The Balaban J connectivity index is 1.78. The maximum atomic E-state index is 4.57. The minimum absolute atomic E-state index is 0.694. The van der Waals surface area contributed by atoms with Gasteiger partial charge >= 0.3 is 0 Å². The van der Waals surface area contributed by atoms with Crippen LogP contribution in [0.1, 0.15) is 45.2 Å². The van der Waals surface area contributed by atoms with Crippen LogP contribution >= 0.6 is 11.3 Å². The molecule has 2 aromatic rings. The fourth-order valence-corrected chi connectivity index (χ4v) is 3.16. The van der Waals surface area contributed by atoms with E-state index in [4.69, 9.17) is 0 Å². The molecule has 0 amide bonds. The molecule has 1 atom stereocenters. The van der Waals surface area contributed by atoms with Crippen molar-refractivity contribution in [3.05, 3.63) is 23.5 Å². The summed E-state index contributed by atoms with van der Waals surface area (Å²) in [7, 11) is 1.81. The number of guanidine groups is 1. The maximum absolute atomic E-state index is 4.57. The molecule has 6 heteroatoms. The first-order valence-electron chi connectivity index (χ1n) is 8.12. The highest BCUT2D eigenvalue weighted by molar-refractivity contribution is 7.15. The number of rotatable bonds is 8. The fraction of sp³-hybridized carbons (Fsp3) is 0.625. The van der Waals surface area contributed by atoms with E-state index in [-0.39, 0.29) is 0 Å². The Morgan fingerprint density at radius 2 is 2.27 bits per heavy atom. The van der Waals surface area contributed by atoms with Crippen LogP contribution in [0.25, 0.3) is 4.96 Å². The van der Waals surface area contributed by atoms with Gasteiger partial charge in [-0.05, 0) is 12.3 Å². The number of hydrogen-bond acceptors (Lipinski definition) is 3. The SMILES string of the molecule is CCCCC(CC)CNC(=NC)NCc1cn2ccsc2n1. The molecular formula is C16H27N5S. The predicted molar refractivity (Wildman–Crippen MR) is 94.6 cm³/mol. The lowest BCUT2D eigenvalue weighted by molar-refractivity contribution is 0.443.